The van der Waals surface area contributed by atoms with Crippen LogP contribution in [0.5, 0.6) is 0 Å². The molecule has 1 aliphatic rings. The number of fused-ring (bicyclic) bond motifs is 1. The molecule has 3 amide bonds. The normalized spacial score (nSPS) is 13.6. The number of aromatic amines is 1. The fourth-order valence-corrected chi connectivity index (χ4v) is 4.19. The number of H-pyrrole nitrogens is 1. The van der Waals surface area contributed by atoms with Gasteiger partial charge in [0.25, 0.3) is 5.91 Å². The molecule has 33 heavy (non-hydrogen) atoms. The largest absolute Gasteiger partial charge is 0.334 e. The molecule has 3 aromatic carbocycles. The van der Waals surface area contributed by atoms with Crippen LogP contribution in [0.4, 0.5) is 16.2 Å². The molecule has 8 heteroatoms. The van der Waals surface area contributed by atoms with Crippen LogP contribution in [-0.2, 0) is 4.79 Å². The predicted molar refractivity (Wildman–Crippen MR) is 129 cm³/mol. The number of halogens is 1. The number of nitrogens with one attached hydrogen (secondary N) is 3. The van der Waals surface area contributed by atoms with Crippen LogP contribution in [0.1, 0.15) is 6.92 Å². The molecule has 5 rings (SSSR count). The van der Waals surface area contributed by atoms with E-state index in [2.05, 4.69) is 20.8 Å². The first-order chi connectivity index (χ1) is 16.0. The molecule has 0 atom stereocenters. The molecule has 0 saturated carbocycles. The zero-order valence-corrected chi connectivity index (χ0v) is 18.5. The summed E-state index contributed by atoms with van der Waals surface area (Å²) in [5.41, 5.74) is 4.99. The number of hydrogen-bond donors (Lipinski definition) is 3. The molecule has 164 valence electrons. The Labute approximate surface area is 195 Å². The van der Waals surface area contributed by atoms with Crippen molar-refractivity contribution in [2.24, 2.45) is 0 Å². The van der Waals surface area contributed by atoms with Crippen molar-refractivity contribution in [1.82, 2.24) is 20.8 Å². The van der Waals surface area contributed by atoms with Crippen molar-refractivity contribution >= 4 is 45.8 Å². The number of anilines is 2. The molecule has 0 spiro atoms. The minimum Gasteiger partial charge on any atom is -0.334 e. The number of aromatic nitrogens is 2. The first-order valence-electron chi connectivity index (χ1n) is 10.4. The number of amides is 3. The lowest BCUT2D eigenvalue weighted by Gasteiger charge is -2.28. The molecule has 0 fully saturated rings. The lowest BCUT2D eigenvalue weighted by atomic mass is 10.0. The van der Waals surface area contributed by atoms with Gasteiger partial charge in [0.05, 0.1) is 40.2 Å². The van der Waals surface area contributed by atoms with Crippen LogP contribution in [-0.4, -0.2) is 28.7 Å². The second-order valence-corrected chi connectivity index (χ2v) is 8.13. The summed E-state index contributed by atoms with van der Waals surface area (Å²) in [6.07, 6.45) is 1.71. The van der Waals surface area contributed by atoms with Crippen LogP contribution in [0, 0.1) is 0 Å². The average molecular weight is 458 g/mol. The molecular weight excluding hydrogens is 438 g/mol. The van der Waals surface area contributed by atoms with Gasteiger partial charge in [0.15, 0.2) is 0 Å². The number of hydrogen-bond acceptors (Lipinski definition) is 3. The molecule has 0 aliphatic carbocycles. The molecule has 0 radical (unpaired) electrons. The van der Waals surface area contributed by atoms with Crippen molar-refractivity contribution in [2.45, 2.75) is 6.92 Å². The zero-order chi connectivity index (χ0) is 22.9. The third-order valence-corrected chi connectivity index (χ3v) is 5.93. The number of urea groups is 1. The Morgan fingerprint density at radius 3 is 2.55 bits per heavy atom. The summed E-state index contributed by atoms with van der Waals surface area (Å²) >= 11 is 6.68. The van der Waals surface area contributed by atoms with Crippen molar-refractivity contribution in [1.29, 1.82) is 0 Å². The maximum atomic E-state index is 13.8. The Hall–Kier alpha value is -4.10. The second kappa shape index (κ2) is 8.44. The van der Waals surface area contributed by atoms with E-state index in [1.165, 1.54) is 0 Å². The van der Waals surface area contributed by atoms with Crippen LogP contribution in [0.25, 0.3) is 22.0 Å². The molecule has 1 aromatic heterocycles. The summed E-state index contributed by atoms with van der Waals surface area (Å²) in [5.74, 6) is -0.258. The molecule has 0 unspecified atom stereocenters. The van der Waals surface area contributed by atoms with E-state index in [1.807, 2.05) is 60.7 Å². The van der Waals surface area contributed by atoms with Crippen LogP contribution in [0.2, 0.25) is 5.02 Å². The van der Waals surface area contributed by atoms with Crippen molar-refractivity contribution in [3.63, 3.8) is 0 Å². The van der Waals surface area contributed by atoms with E-state index in [0.717, 1.165) is 22.0 Å². The summed E-state index contributed by atoms with van der Waals surface area (Å²) in [6, 6.07) is 20.7. The minimum absolute atomic E-state index is 0.136. The van der Waals surface area contributed by atoms with Crippen LogP contribution < -0.4 is 15.5 Å². The van der Waals surface area contributed by atoms with Crippen molar-refractivity contribution in [2.75, 3.05) is 11.4 Å². The van der Waals surface area contributed by atoms with Gasteiger partial charge < -0.3 is 10.6 Å². The van der Waals surface area contributed by atoms with Gasteiger partial charge in [-0.15, -0.1) is 0 Å². The summed E-state index contributed by atoms with van der Waals surface area (Å²) < 4.78 is 0. The summed E-state index contributed by atoms with van der Waals surface area (Å²) in [5, 5.41) is 13.7. The molecule has 2 heterocycles. The molecule has 3 N–H and O–H groups in total. The van der Waals surface area contributed by atoms with Crippen LogP contribution in [0.15, 0.2) is 84.2 Å². The highest BCUT2D eigenvalue weighted by Crippen LogP contribution is 2.36. The molecule has 4 aromatic rings. The summed E-state index contributed by atoms with van der Waals surface area (Å²) in [4.78, 5) is 27.0. The van der Waals surface area contributed by atoms with Crippen molar-refractivity contribution in [3.05, 3.63) is 89.2 Å². The topological polar surface area (TPSA) is 90.1 Å². The summed E-state index contributed by atoms with van der Waals surface area (Å²) in [7, 11) is 0. The van der Waals surface area contributed by atoms with E-state index in [4.69, 9.17) is 11.6 Å². The Morgan fingerprint density at radius 2 is 1.79 bits per heavy atom. The number of allylic oxidation sites excluding steroid dienone is 1. The van der Waals surface area contributed by atoms with Crippen LogP contribution in [0.3, 0.4) is 0 Å². The highest BCUT2D eigenvalue weighted by atomic mass is 35.5. The molecule has 7 nitrogen and oxygen atoms in total. The van der Waals surface area contributed by atoms with Gasteiger partial charge in [-0.3, -0.25) is 14.8 Å². The maximum absolute atomic E-state index is 13.8. The van der Waals surface area contributed by atoms with E-state index in [0.29, 0.717) is 27.7 Å². The number of nitrogens with zero attached hydrogens (tertiary/aromatic N) is 2. The van der Waals surface area contributed by atoms with Gasteiger partial charge in [0.2, 0.25) is 0 Å². The van der Waals surface area contributed by atoms with Crippen molar-refractivity contribution in [3.8, 4) is 11.1 Å². The monoisotopic (exact) mass is 457 g/mol. The smallest absolute Gasteiger partial charge is 0.319 e. The van der Waals surface area contributed by atoms with E-state index in [1.54, 1.807) is 24.1 Å². The fourth-order valence-electron chi connectivity index (χ4n) is 3.91. The van der Waals surface area contributed by atoms with Crippen molar-refractivity contribution < 1.29 is 9.59 Å². The number of rotatable bonds is 4. The van der Waals surface area contributed by atoms with E-state index in [9.17, 15) is 9.59 Å². The van der Waals surface area contributed by atoms with E-state index >= 15 is 0 Å². The van der Waals surface area contributed by atoms with Gasteiger partial charge in [-0.05, 0) is 42.8 Å². The van der Waals surface area contributed by atoms with Gasteiger partial charge >= 0.3 is 6.03 Å². The van der Waals surface area contributed by atoms with Gasteiger partial charge in [-0.25, -0.2) is 4.79 Å². The number of carbonyl (C=O) groups excluding carboxylic acids is 2. The Bertz CT molecular complexity index is 1410. The SMILES string of the molecule is CC1=C(C(=O)N(c2ccc(-c3ccccc3)c(Cl)c2)c2ccc3[nH]ncc3c2)CNC(=O)N1. The Kier molecular flexibility index (Phi) is 5.32. The van der Waals surface area contributed by atoms with Crippen LogP contribution >= 0.6 is 11.6 Å². The van der Waals surface area contributed by atoms with Gasteiger partial charge in [-0.2, -0.15) is 5.10 Å². The Balaban J connectivity index is 1.62. The fraction of sp³-hybridized carbons (Fsp3) is 0.0800. The molecule has 1 aliphatic heterocycles. The van der Waals surface area contributed by atoms with E-state index < -0.39 is 0 Å². The highest BCUT2D eigenvalue weighted by Gasteiger charge is 2.27. The number of benzene rings is 3. The minimum atomic E-state index is -0.328. The third-order valence-electron chi connectivity index (χ3n) is 5.62. The van der Waals surface area contributed by atoms with Gasteiger partial charge in [0.1, 0.15) is 0 Å². The first-order valence-corrected chi connectivity index (χ1v) is 10.8. The maximum Gasteiger partial charge on any atom is 0.319 e. The third kappa shape index (κ3) is 3.94. The zero-order valence-electron chi connectivity index (χ0n) is 17.7. The summed E-state index contributed by atoms with van der Waals surface area (Å²) in [6.45, 7) is 1.85. The van der Waals surface area contributed by atoms with Gasteiger partial charge in [-0.1, -0.05) is 48.0 Å². The van der Waals surface area contributed by atoms with E-state index in [-0.39, 0.29) is 18.5 Å². The van der Waals surface area contributed by atoms with Gasteiger partial charge in [0, 0.05) is 16.6 Å². The Morgan fingerprint density at radius 1 is 1.03 bits per heavy atom. The standard InChI is InChI=1S/C25H20ClN5O2/c1-15-21(14-27-25(33)29-15)24(32)31(18-8-10-23-17(11-18)13-28-30-23)19-7-9-20(22(26)12-19)16-5-3-2-4-6-16/h2-13H,14H2,1H3,(H,28,30)(H2,27,29,33). The second-order valence-electron chi connectivity index (χ2n) is 7.72. The average Bonchev–Trinajstić information content (AvgIpc) is 3.28. The first kappa shape index (κ1) is 20.8. The number of carbonyl (C=O) groups is 2. The quantitative estimate of drug-likeness (QED) is 0.396. The lowest BCUT2D eigenvalue weighted by Crippen LogP contribution is -2.45. The molecule has 0 bridgehead atoms. The molecule has 0 saturated heterocycles. The molecular formula is C25H20ClN5O2. The lowest BCUT2D eigenvalue weighted by molar-refractivity contribution is -0.114. The predicted octanol–water partition coefficient (Wildman–Crippen LogP) is 5.13. The highest BCUT2D eigenvalue weighted by molar-refractivity contribution is 6.33.